The van der Waals surface area contributed by atoms with Crippen LogP contribution in [0.1, 0.15) is 119 Å². The van der Waals surface area contributed by atoms with Gasteiger partial charge in [-0.15, -0.1) is 0 Å². The normalized spacial score (nSPS) is 13.9. The summed E-state index contributed by atoms with van der Waals surface area (Å²) in [4.78, 5) is 10.2. The van der Waals surface area contributed by atoms with Crippen molar-refractivity contribution in [3.05, 3.63) is 216 Å². The molecule has 5 heteroatoms. The Morgan fingerprint density at radius 3 is 1.54 bits per heavy atom. The third-order valence-electron chi connectivity index (χ3n) is 15.0. The van der Waals surface area contributed by atoms with Crippen LogP contribution in [0.2, 0.25) is 0 Å². The zero-order valence-electron chi connectivity index (χ0n) is 46.2. The summed E-state index contributed by atoms with van der Waals surface area (Å²) < 4.78 is 9.58. The van der Waals surface area contributed by atoms with Crippen LogP contribution in [0.15, 0.2) is 194 Å². The Morgan fingerprint density at radius 1 is 0.378 bits per heavy atom. The van der Waals surface area contributed by atoms with Crippen molar-refractivity contribution in [3.8, 4) is 39.6 Å². The van der Waals surface area contributed by atoms with Gasteiger partial charge in [-0.25, -0.2) is 4.98 Å². The van der Waals surface area contributed by atoms with E-state index >= 15 is 0 Å². The van der Waals surface area contributed by atoms with E-state index < -0.39 is 0 Å². The number of allylic oxidation sites excluding steroid dienone is 2. The highest BCUT2D eigenvalue weighted by Crippen LogP contribution is 2.50. The van der Waals surface area contributed by atoms with Crippen LogP contribution < -0.4 is 14.5 Å². The van der Waals surface area contributed by atoms with Gasteiger partial charge in [-0.2, -0.15) is 0 Å². The molecule has 5 nitrogen and oxygen atoms in total. The number of benzene rings is 7. The lowest BCUT2D eigenvalue weighted by Gasteiger charge is -2.35. The molecular formula is C69H74N4O. The molecule has 376 valence electrons. The zero-order valence-corrected chi connectivity index (χ0v) is 46.2. The first-order valence-electron chi connectivity index (χ1n) is 26.5. The molecule has 2 aromatic heterocycles. The van der Waals surface area contributed by atoms with Crippen LogP contribution in [-0.4, -0.2) is 16.2 Å². The summed E-state index contributed by atoms with van der Waals surface area (Å²) in [7, 11) is 0. The van der Waals surface area contributed by atoms with E-state index in [1.165, 1.54) is 67.0 Å². The second kappa shape index (κ2) is 18.5. The molecule has 0 radical (unpaired) electrons. The summed E-state index contributed by atoms with van der Waals surface area (Å²) in [5, 5.41) is 2.31. The molecule has 10 rings (SSSR count). The van der Waals surface area contributed by atoms with Gasteiger partial charge in [0.05, 0.1) is 17.7 Å². The fourth-order valence-corrected chi connectivity index (χ4v) is 10.9. The number of hydrogen-bond acceptors (Lipinski definition) is 4. The second-order valence-electron chi connectivity index (χ2n) is 25.2. The molecule has 0 atom stereocenters. The lowest BCUT2D eigenvalue weighted by atomic mass is 9.77. The minimum atomic E-state index is -0.352. The fraction of sp³-hybridized carbons (Fsp3) is 0.290. The van der Waals surface area contributed by atoms with Crippen molar-refractivity contribution in [2.24, 2.45) is 10.8 Å². The second-order valence-corrected chi connectivity index (χ2v) is 25.2. The molecule has 0 amide bonds. The number of anilines is 2. The van der Waals surface area contributed by atoms with Crippen molar-refractivity contribution in [1.82, 2.24) is 9.55 Å². The average molecular weight is 975 g/mol. The average Bonchev–Trinajstić information content (AvgIpc) is 3.95. The Kier molecular flexibility index (Phi) is 12.6. The van der Waals surface area contributed by atoms with Crippen molar-refractivity contribution in [3.63, 3.8) is 0 Å². The van der Waals surface area contributed by atoms with Gasteiger partial charge in [-0.1, -0.05) is 200 Å². The highest BCUT2D eigenvalue weighted by atomic mass is 16.5. The lowest BCUT2D eigenvalue weighted by molar-refractivity contribution is 0.444. The van der Waals surface area contributed by atoms with Gasteiger partial charge in [-0.3, -0.25) is 4.57 Å². The van der Waals surface area contributed by atoms with Crippen molar-refractivity contribution in [1.29, 1.82) is 0 Å². The Labute approximate surface area is 441 Å². The lowest BCUT2D eigenvalue weighted by Crippen LogP contribution is -2.32. The first-order chi connectivity index (χ1) is 34.9. The van der Waals surface area contributed by atoms with Crippen LogP contribution >= 0.6 is 0 Å². The number of fused-ring (bicyclic) bond motifs is 3. The minimum absolute atomic E-state index is 0.0505. The number of aromatic nitrogens is 2. The summed E-state index contributed by atoms with van der Waals surface area (Å²) in [5.41, 5.74) is 16.0. The van der Waals surface area contributed by atoms with E-state index in [0.717, 1.165) is 39.4 Å². The number of pyridine rings is 1. The third kappa shape index (κ3) is 9.65. The number of rotatable bonds is 9. The Morgan fingerprint density at radius 2 is 0.946 bits per heavy atom. The molecule has 0 bridgehead atoms. The molecular weight excluding hydrogens is 901 g/mol. The predicted octanol–water partition coefficient (Wildman–Crippen LogP) is 18.8. The molecule has 74 heavy (non-hydrogen) atoms. The summed E-state index contributed by atoms with van der Waals surface area (Å²) in [6, 6.07) is 64.2. The molecule has 0 N–H and O–H groups in total. The Balaban J connectivity index is 1.15. The van der Waals surface area contributed by atoms with Crippen molar-refractivity contribution < 1.29 is 4.74 Å². The third-order valence-corrected chi connectivity index (χ3v) is 15.0. The summed E-state index contributed by atoms with van der Waals surface area (Å²) in [6.45, 7) is 33.2. The highest BCUT2D eigenvalue weighted by Gasteiger charge is 2.42. The summed E-state index contributed by atoms with van der Waals surface area (Å²) in [5.74, 6) is 2.43. The summed E-state index contributed by atoms with van der Waals surface area (Å²) in [6.07, 6.45) is 1.95. The maximum absolute atomic E-state index is 7.27. The smallest absolute Gasteiger partial charge is 0.137 e. The minimum Gasteiger partial charge on any atom is -0.457 e. The van der Waals surface area contributed by atoms with Crippen LogP contribution in [0.25, 0.3) is 49.9 Å². The topological polar surface area (TPSA) is 33.5 Å². The Hall–Kier alpha value is -7.37. The fourth-order valence-electron chi connectivity index (χ4n) is 10.9. The molecule has 0 spiro atoms. The van der Waals surface area contributed by atoms with Gasteiger partial charge < -0.3 is 14.5 Å². The van der Waals surface area contributed by atoms with E-state index in [0.29, 0.717) is 6.67 Å². The Bertz CT molecular complexity index is 3550. The first kappa shape index (κ1) is 50.2. The molecule has 0 unspecified atom stereocenters. The molecule has 9 aromatic rings. The van der Waals surface area contributed by atoms with E-state index in [9.17, 15) is 0 Å². The SMILES string of the molecule is CC(C)(C)C1=C(C(C)(C)C)N(c2cc(Oc3ccc4c5cc(-c6ccccc6)ccc5n(-c5cc(C(C)(C)C)ccn5)c4c3)cc(C(C)(C)c3ccccc3)c2)CN1c1cc(-c2ccccc2)cc(C(C)(C)C)c1. The van der Waals surface area contributed by atoms with Crippen molar-refractivity contribution >= 4 is 33.2 Å². The van der Waals surface area contributed by atoms with Crippen LogP contribution in [0, 0.1) is 10.8 Å². The summed E-state index contributed by atoms with van der Waals surface area (Å²) >= 11 is 0. The maximum atomic E-state index is 7.27. The molecule has 0 fully saturated rings. The van der Waals surface area contributed by atoms with Crippen LogP contribution in [0.3, 0.4) is 0 Å². The molecule has 1 aliphatic heterocycles. The van der Waals surface area contributed by atoms with Gasteiger partial charge in [0.15, 0.2) is 0 Å². The molecule has 0 saturated heterocycles. The molecule has 3 heterocycles. The van der Waals surface area contributed by atoms with Gasteiger partial charge in [0.2, 0.25) is 0 Å². The van der Waals surface area contributed by atoms with Crippen molar-refractivity contribution in [2.45, 2.75) is 113 Å². The van der Waals surface area contributed by atoms with Gasteiger partial charge in [-0.05, 0) is 116 Å². The molecule has 0 aliphatic carbocycles. The van der Waals surface area contributed by atoms with Crippen LogP contribution in [0.5, 0.6) is 11.5 Å². The quantitative estimate of drug-likeness (QED) is 0.144. The van der Waals surface area contributed by atoms with Gasteiger partial charge >= 0.3 is 0 Å². The first-order valence-corrected chi connectivity index (χ1v) is 26.5. The van der Waals surface area contributed by atoms with Crippen LogP contribution in [0.4, 0.5) is 11.4 Å². The predicted molar refractivity (Wildman–Crippen MR) is 314 cm³/mol. The van der Waals surface area contributed by atoms with E-state index in [-0.39, 0.29) is 27.1 Å². The van der Waals surface area contributed by atoms with Gasteiger partial charge in [0, 0.05) is 68.1 Å². The standard InChI is InChI=1S/C69H74N4O/c1-65(2,3)51-34-35-70-62(42-51)73-60-33-30-48(46-24-18-15-19-25-46)38-59(60)58-32-31-56(44-61(58)73)74-57-41-53(69(13,14)50-28-22-17-23-29-50)40-55(43-57)72-45-71(63(67(7,8)9)64(72)68(10,11)12)54-37-49(47-26-20-16-21-27-47)36-52(39-54)66(4,5)6/h15-44H,45H2,1-14H3. The number of nitrogens with zero attached hydrogens (tertiary/aromatic N) is 4. The molecule has 0 saturated carbocycles. The van der Waals surface area contributed by atoms with Gasteiger partial charge in [0.25, 0.3) is 0 Å². The maximum Gasteiger partial charge on any atom is 0.137 e. The van der Waals surface area contributed by atoms with Crippen LogP contribution in [-0.2, 0) is 16.2 Å². The highest BCUT2D eigenvalue weighted by molar-refractivity contribution is 6.10. The van der Waals surface area contributed by atoms with Crippen molar-refractivity contribution in [2.75, 3.05) is 16.5 Å². The largest absolute Gasteiger partial charge is 0.457 e. The van der Waals surface area contributed by atoms with E-state index in [4.69, 9.17) is 9.72 Å². The number of ether oxygens (including phenoxy) is 1. The molecule has 7 aromatic carbocycles. The van der Waals surface area contributed by atoms with E-state index in [1.807, 2.05) is 6.20 Å². The molecule has 1 aliphatic rings. The van der Waals surface area contributed by atoms with E-state index in [2.05, 4.69) is 287 Å². The zero-order chi connectivity index (χ0) is 52.5. The number of hydrogen-bond donors (Lipinski definition) is 0. The van der Waals surface area contributed by atoms with E-state index in [1.54, 1.807) is 0 Å². The van der Waals surface area contributed by atoms with Gasteiger partial charge in [0.1, 0.15) is 17.3 Å². The monoisotopic (exact) mass is 975 g/mol.